The van der Waals surface area contributed by atoms with Crippen LogP contribution in [0, 0.1) is 11.8 Å². The summed E-state index contributed by atoms with van der Waals surface area (Å²) in [5.41, 5.74) is 7.14. The Morgan fingerprint density at radius 1 is 1.30 bits per heavy atom. The average Bonchev–Trinajstić information content (AvgIpc) is 2.48. The van der Waals surface area contributed by atoms with Crippen LogP contribution in [0.4, 0.5) is 0 Å². The van der Waals surface area contributed by atoms with E-state index >= 15 is 0 Å². The lowest BCUT2D eigenvalue weighted by Crippen LogP contribution is -2.18. The normalized spacial score (nSPS) is 9.70. The Kier molecular flexibility index (Phi) is 4.59. The molecule has 0 amide bonds. The van der Waals surface area contributed by atoms with E-state index in [0.29, 0.717) is 13.1 Å². The summed E-state index contributed by atoms with van der Waals surface area (Å²) in [4.78, 5) is 11.8. The SMILES string of the molecule is COc1ccc(C#CCN)c(Cn2ccccc2=O)c1. The zero-order chi connectivity index (χ0) is 14.4. The second kappa shape index (κ2) is 6.60. The van der Waals surface area contributed by atoms with Gasteiger partial charge >= 0.3 is 0 Å². The van der Waals surface area contributed by atoms with Crippen molar-refractivity contribution in [2.75, 3.05) is 13.7 Å². The lowest BCUT2D eigenvalue weighted by molar-refractivity contribution is 0.414. The number of aromatic nitrogens is 1. The number of rotatable bonds is 3. The molecule has 102 valence electrons. The van der Waals surface area contributed by atoms with Gasteiger partial charge in [-0.15, -0.1) is 0 Å². The van der Waals surface area contributed by atoms with Crippen molar-refractivity contribution in [2.45, 2.75) is 6.54 Å². The Hall–Kier alpha value is -2.51. The first kappa shape index (κ1) is 13.9. The van der Waals surface area contributed by atoms with Crippen LogP contribution < -0.4 is 16.0 Å². The summed E-state index contributed by atoms with van der Waals surface area (Å²) in [7, 11) is 1.61. The largest absolute Gasteiger partial charge is 0.497 e. The van der Waals surface area contributed by atoms with E-state index in [2.05, 4.69) is 11.8 Å². The molecule has 0 saturated carbocycles. The van der Waals surface area contributed by atoms with E-state index in [1.165, 1.54) is 6.07 Å². The highest BCUT2D eigenvalue weighted by Crippen LogP contribution is 2.17. The van der Waals surface area contributed by atoms with Gasteiger partial charge in [-0.25, -0.2) is 0 Å². The molecule has 0 radical (unpaired) electrons. The van der Waals surface area contributed by atoms with Gasteiger partial charge < -0.3 is 15.0 Å². The molecule has 4 nitrogen and oxygen atoms in total. The van der Waals surface area contributed by atoms with E-state index in [0.717, 1.165) is 16.9 Å². The van der Waals surface area contributed by atoms with Crippen molar-refractivity contribution in [1.82, 2.24) is 4.57 Å². The molecule has 0 spiro atoms. The number of ether oxygens (including phenoxy) is 1. The predicted molar refractivity (Wildman–Crippen MR) is 78.7 cm³/mol. The van der Waals surface area contributed by atoms with Gasteiger partial charge in [0, 0.05) is 17.8 Å². The number of benzene rings is 1. The molecule has 0 unspecified atom stereocenters. The van der Waals surface area contributed by atoms with Gasteiger partial charge in [-0.05, 0) is 29.8 Å². The highest BCUT2D eigenvalue weighted by molar-refractivity contribution is 5.45. The molecule has 4 heteroatoms. The first-order chi connectivity index (χ1) is 9.74. The van der Waals surface area contributed by atoms with E-state index in [4.69, 9.17) is 10.5 Å². The van der Waals surface area contributed by atoms with Crippen molar-refractivity contribution in [3.8, 4) is 17.6 Å². The quantitative estimate of drug-likeness (QED) is 0.851. The molecule has 0 aliphatic rings. The molecule has 1 aromatic heterocycles. The summed E-state index contributed by atoms with van der Waals surface area (Å²) in [6.45, 7) is 0.752. The molecule has 2 N–H and O–H groups in total. The summed E-state index contributed by atoms with van der Waals surface area (Å²) in [6, 6.07) is 10.7. The molecule has 0 atom stereocenters. The fourth-order valence-corrected chi connectivity index (χ4v) is 1.87. The van der Waals surface area contributed by atoms with Crippen LogP contribution >= 0.6 is 0 Å². The van der Waals surface area contributed by atoms with Crippen LogP contribution in [-0.4, -0.2) is 18.2 Å². The molecule has 1 aromatic carbocycles. The third-order valence-corrected chi connectivity index (χ3v) is 2.88. The summed E-state index contributed by atoms with van der Waals surface area (Å²) >= 11 is 0. The van der Waals surface area contributed by atoms with Crippen molar-refractivity contribution in [3.05, 3.63) is 64.1 Å². The fourth-order valence-electron chi connectivity index (χ4n) is 1.87. The second-order valence-corrected chi connectivity index (χ2v) is 4.20. The highest BCUT2D eigenvalue weighted by Gasteiger charge is 2.04. The number of nitrogens with two attached hydrogens (primary N) is 1. The van der Waals surface area contributed by atoms with Gasteiger partial charge in [-0.1, -0.05) is 17.9 Å². The van der Waals surface area contributed by atoms with Crippen LogP contribution in [0.2, 0.25) is 0 Å². The zero-order valence-corrected chi connectivity index (χ0v) is 11.3. The Bertz CT molecular complexity index is 708. The number of hydrogen-bond donors (Lipinski definition) is 1. The molecular weight excluding hydrogens is 252 g/mol. The van der Waals surface area contributed by atoms with Gasteiger partial charge in [0.1, 0.15) is 5.75 Å². The maximum atomic E-state index is 11.8. The van der Waals surface area contributed by atoms with Crippen molar-refractivity contribution in [1.29, 1.82) is 0 Å². The second-order valence-electron chi connectivity index (χ2n) is 4.20. The molecule has 0 bridgehead atoms. The van der Waals surface area contributed by atoms with E-state index < -0.39 is 0 Å². The topological polar surface area (TPSA) is 57.2 Å². The first-order valence-corrected chi connectivity index (χ1v) is 6.26. The molecule has 0 saturated heterocycles. The van der Waals surface area contributed by atoms with Gasteiger partial charge in [-0.2, -0.15) is 0 Å². The summed E-state index contributed by atoms with van der Waals surface area (Å²) in [5, 5.41) is 0. The average molecular weight is 268 g/mol. The smallest absolute Gasteiger partial charge is 0.250 e. The van der Waals surface area contributed by atoms with Gasteiger partial charge in [-0.3, -0.25) is 4.79 Å². The van der Waals surface area contributed by atoms with Crippen LogP contribution in [0.3, 0.4) is 0 Å². The van der Waals surface area contributed by atoms with Gasteiger partial charge in [0.2, 0.25) is 0 Å². The van der Waals surface area contributed by atoms with Gasteiger partial charge in [0.05, 0.1) is 20.2 Å². The van der Waals surface area contributed by atoms with Crippen molar-refractivity contribution < 1.29 is 4.74 Å². The maximum Gasteiger partial charge on any atom is 0.250 e. The van der Waals surface area contributed by atoms with E-state index in [-0.39, 0.29) is 5.56 Å². The Labute approximate surface area is 117 Å². The molecule has 2 aromatic rings. The zero-order valence-electron chi connectivity index (χ0n) is 11.3. The summed E-state index contributed by atoms with van der Waals surface area (Å²) in [6.07, 6.45) is 1.75. The van der Waals surface area contributed by atoms with Crippen LogP contribution in [0.25, 0.3) is 0 Å². The molecule has 0 aliphatic heterocycles. The lowest BCUT2D eigenvalue weighted by atomic mass is 10.1. The van der Waals surface area contributed by atoms with Crippen LogP contribution in [-0.2, 0) is 6.54 Å². The number of pyridine rings is 1. The third kappa shape index (κ3) is 3.28. The van der Waals surface area contributed by atoms with Gasteiger partial charge in [0.15, 0.2) is 0 Å². The van der Waals surface area contributed by atoms with E-state index in [1.807, 2.05) is 24.3 Å². The first-order valence-electron chi connectivity index (χ1n) is 6.26. The molecular formula is C16H16N2O2. The van der Waals surface area contributed by atoms with Crippen LogP contribution in [0.15, 0.2) is 47.4 Å². The Morgan fingerprint density at radius 3 is 2.85 bits per heavy atom. The highest BCUT2D eigenvalue weighted by atomic mass is 16.5. The minimum atomic E-state index is -0.0481. The maximum absolute atomic E-state index is 11.8. The predicted octanol–water partition coefficient (Wildman–Crippen LogP) is 1.22. The summed E-state index contributed by atoms with van der Waals surface area (Å²) < 4.78 is 6.85. The lowest BCUT2D eigenvalue weighted by Gasteiger charge is -2.09. The molecule has 1 heterocycles. The van der Waals surface area contributed by atoms with Crippen molar-refractivity contribution in [2.24, 2.45) is 5.73 Å². The monoisotopic (exact) mass is 268 g/mol. The standard InChI is InChI=1S/C16H16N2O2/c1-20-15-8-7-13(5-4-9-17)14(11-15)12-18-10-3-2-6-16(18)19/h2-3,6-8,10-11H,9,12,17H2,1H3. The fraction of sp³-hybridized carbons (Fsp3) is 0.188. The Morgan fingerprint density at radius 2 is 2.15 bits per heavy atom. The third-order valence-electron chi connectivity index (χ3n) is 2.88. The van der Waals surface area contributed by atoms with E-state index in [1.54, 1.807) is 23.9 Å². The number of nitrogens with zero attached hydrogens (tertiary/aromatic N) is 1. The number of methoxy groups -OCH3 is 1. The summed E-state index contributed by atoms with van der Waals surface area (Å²) in [5.74, 6) is 6.59. The van der Waals surface area contributed by atoms with Crippen LogP contribution in [0.1, 0.15) is 11.1 Å². The molecule has 0 fully saturated rings. The van der Waals surface area contributed by atoms with Crippen molar-refractivity contribution >= 4 is 0 Å². The molecule has 2 rings (SSSR count). The van der Waals surface area contributed by atoms with Crippen LogP contribution in [0.5, 0.6) is 5.75 Å². The molecule has 0 aliphatic carbocycles. The Balaban J connectivity index is 2.42. The molecule has 20 heavy (non-hydrogen) atoms. The van der Waals surface area contributed by atoms with E-state index in [9.17, 15) is 4.79 Å². The van der Waals surface area contributed by atoms with Crippen molar-refractivity contribution in [3.63, 3.8) is 0 Å². The minimum absolute atomic E-state index is 0.0481. The van der Waals surface area contributed by atoms with Gasteiger partial charge in [0.25, 0.3) is 5.56 Å². The minimum Gasteiger partial charge on any atom is -0.497 e. The number of hydrogen-bond acceptors (Lipinski definition) is 3.